The molecule has 1 spiro atoms. The van der Waals surface area contributed by atoms with Gasteiger partial charge in [0.2, 0.25) is 5.91 Å². The first-order valence-electron chi connectivity index (χ1n) is 10.7. The summed E-state index contributed by atoms with van der Waals surface area (Å²) in [5, 5.41) is 3.02. The zero-order valence-corrected chi connectivity index (χ0v) is 17.2. The maximum atomic E-state index is 11.8. The molecule has 1 aromatic rings. The number of carbonyl (C=O) groups is 1. The van der Waals surface area contributed by atoms with Crippen LogP contribution in [0.5, 0.6) is 0 Å². The van der Waals surface area contributed by atoms with E-state index in [4.69, 9.17) is 4.74 Å². The standard InChI is InChI=1S/C21H36N4O2/c1-4-5-6-19-22-13-17(24-19)15-25-11-9-21(10-12-25)8-7-18(27-21)14-23-20(26)16(2)3/h13,16,18H,4-12,14-15H2,1-3H3,(H,22,24)(H,23,26)/t18-/m1/s1. The van der Waals surface area contributed by atoms with Crippen molar-refractivity contribution in [3.8, 4) is 0 Å². The van der Waals surface area contributed by atoms with Crippen molar-refractivity contribution < 1.29 is 9.53 Å². The SMILES string of the molecule is CCCCc1ncc(CN2CCC3(CC[C@H](CNC(=O)C(C)C)O3)CC2)[nH]1. The highest BCUT2D eigenvalue weighted by molar-refractivity contribution is 5.77. The van der Waals surface area contributed by atoms with Gasteiger partial charge in [-0.3, -0.25) is 9.69 Å². The number of aromatic nitrogens is 2. The highest BCUT2D eigenvalue weighted by Crippen LogP contribution is 2.38. The molecule has 2 aliphatic rings. The lowest BCUT2D eigenvalue weighted by molar-refractivity contribution is -0.125. The number of aryl methyl sites for hydroxylation is 1. The molecule has 2 aliphatic heterocycles. The van der Waals surface area contributed by atoms with Gasteiger partial charge in [-0.15, -0.1) is 0 Å². The van der Waals surface area contributed by atoms with Crippen LogP contribution in [0.2, 0.25) is 0 Å². The largest absolute Gasteiger partial charge is 0.370 e. The van der Waals surface area contributed by atoms with Gasteiger partial charge >= 0.3 is 0 Å². The van der Waals surface area contributed by atoms with Crippen LogP contribution >= 0.6 is 0 Å². The summed E-state index contributed by atoms with van der Waals surface area (Å²) in [6.07, 6.45) is 9.94. The number of unbranched alkanes of at least 4 members (excludes halogenated alkanes) is 1. The van der Waals surface area contributed by atoms with Crippen LogP contribution < -0.4 is 5.32 Å². The minimum Gasteiger partial charge on any atom is -0.370 e. The van der Waals surface area contributed by atoms with Crippen LogP contribution in [0.15, 0.2) is 6.20 Å². The molecule has 0 aromatic carbocycles. The van der Waals surface area contributed by atoms with Crippen LogP contribution in [-0.2, 0) is 22.5 Å². The second kappa shape index (κ2) is 9.20. The molecule has 1 atom stereocenters. The smallest absolute Gasteiger partial charge is 0.222 e. The molecule has 1 amide bonds. The lowest BCUT2D eigenvalue weighted by atomic mass is 9.88. The van der Waals surface area contributed by atoms with Crippen LogP contribution in [0, 0.1) is 5.92 Å². The fourth-order valence-electron chi connectivity index (χ4n) is 4.14. The highest BCUT2D eigenvalue weighted by Gasteiger charge is 2.42. The molecular weight excluding hydrogens is 340 g/mol. The molecule has 0 bridgehead atoms. The Morgan fingerprint density at radius 2 is 2.19 bits per heavy atom. The quantitative estimate of drug-likeness (QED) is 0.732. The van der Waals surface area contributed by atoms with Crippen molar-refractivity contribution >= 4 is 5.91 Å². The number of rotatable bonds is 8. The monoisotopic (exact) mass is 376 g/mol. The van der Waals surface area contributed by atoms with Crippen molar-refractivity contribution in [1.29, 1.82) is 0 Å². The first kappa shape index (κ1) is 20.3. The van der Waals surface area contributed by atoms with Crippen molar-refractivity contribution in [3.05, 3.63) is 17.7 Å². The molecular formula is C21H36N4O2. The van der Waals surface area contributed by atoms with E-state index in [1.165, 1.54) is 18.5 Å². The summed E-state index contributed by atoms with van der Waals surface area (Å²) in [5.74, 6) is 1.27. The lowest BCUT2D eigenvalue weighted by Gasteiger charge is -2.39. The maximum absolute atomic E-state index is 11.8. The first-order chi connectivity index (χ1) is 13.0. The van der Waals surface area contributed by atoms with Gasteiger partial charge in [-0.1, -0.05) is 27.2 Å². The van der Waals surface area contributed by atoms with E-state index in [2.05, 4.69) is 27.1 Å². The molecule has 0 radical (unpaired) electrons. The number of piperidine rings is 1. The lowest BCUT2D eigenvalue weighted by Crippen LogP contribution is -2.45. The molecule has 2 N–H and O–H groups in total. The van der Waals surface area contributed by atoms with Crippen LogP contribution in [0.3, 0.4) is 0 Å². The number of aromatic amines is 1. The summed E-state index contributed by atoms with van der Waals surface area (Å²) in [6, 6.07) is 0. The van der Waals surface area contributed by atoms with Crippen LogP contribution in [0.25, 0.3) is 0 Å². The van der Waals surface area contributed by atoms with E-state index >= 15 is 0 Å². The molecule has 1 aromatic heterocycles. The number of hydrogen-bond acceptors (Lipinski definition) is 4. The zero-order chi connectivity index (χ0) is 19.3. The van der Waals surface area contributed by atoms with Crippen LogP contribution in [-0.4, -0.2) is 52.1 Å². The van der Waals surface area contributed by atoms with Crippen molar-refractivity contribution in [3.63, 3.8) is 0 Å². The van der Waals surface area contributed by atoms with Gasteiger partial charge in [0.25, 0.3) is 0 Å². The minimum absolute atomic E-state index is 0.0317. The van der Waals surface area contributed by atoms with Gasteiger partial charge in [-0.05, 0) is 32.1 Å². The number of H-pyrrole nitrogens is 1. The Balaban J connectivity index is 1.41. The summed E-state index contributed by atoms with van der Waals surface area (Å²) >= 11 is 0. The summed E-state index contributed by atoms with van der Waals surface area (Å²) in [4.78, 5) is 22.2. The molecule has 152 valence electrons. The number of imidazole rings is 1. The fourth-order valence-corrected chi connectivity index (χ4v) is 4.14. The van der Waals surface area contributed by atoms with E-state index in [1.54, 1.807) is 0 Å². The van der Waals surface area contributed by atoms with Gasteiger partial charge in [-0.25, -0.2) is 4.98 Å². The van der Waals surface area contributed by atoms with Crippen molar-refractivity contribution in [2.45, 2.75) is 84.0 Å². The fraction of sp³-hybridized carbons (Fsp3) is 0.810. The number of carbonyl (C=O) groups excluding carboxylic acids is 1. The third-order valence-corrected chi connectivity index (χ3v) is 5.98. The normalized spacial score (nSPS) is 22.6. The first-order valence-corrected chi connectivity index (χ1v) is 10.7. The number of hydrogen-bond donors (Lipinski definition) is 2. The Morgan fingerprint density at radius 3 is 2.89 bits per heavy atom. The Labute approximate surface area is 163 Å². The van der Waals surface area contributed by atoms with E-state index in [0.29, 0.717) is 6.54 Å². The van der Waals surface area contributed by atoms with E-state index in [9.17, 15) is 4.79 Å². The third-order valence-electron chi connectivity index (χ3n) is 5.98. The predicted octanol–water partition coefficient (Wildman–Crippen LogP) is 3.04. The molecule has 2 fully saturated rings. The number of nitrogens with one attached hydrogen (secondary N) is 2. The van der Waals surface area contributed by atoms with Gasteiger partial charge in [0.15, 0.2) is 0 Å². The Kier molecular flexibility index (Phi) is 6.93. The van der Waals surface area contributed by atoms with Crippen LogP contribution in [0.1, 0.15) is 70.8 Å². The molecule has 3 heterocycles. The Hall–Kier alpha value is -1.40. The average Bonchev–Trinajstić information content (AvgIpc) is 3.27. The maximum Gasteiger partial charge on any atom is 0.222 e. The molecule has 0 unspecified atom stereocenters. The summed E-state index contributed by atoms with van der Waals surface area (Å²) in [6.45, 7) is 9.79. The molecule has 0 saturated carbocycles. The zero-order valence-electron chi connectivity index (χ0n) is 17.2. The van der Waals surface area contributed by atoms with Crippen molar-refractivity contribution in [2.24, 2.45) is 5.92 Å². The number of likely N-dealkylation sites (tertiary alicyclic amines) is 1. The Morgan fingerprint density at radius 1 is 1.41 bits per heavy atom. The second-order valence-electron chi connectivity index (χ2n) is 8.60. The van der Waals surface area contributed by atoms with E-state index in [-0.39, 0.29) is 23.5 Å². The highest BCUT2D eigenvalue weighted by atomic mass is 16.5. The van der Waals surface area contributed by atoms with Crippen molar-refractivity contribution in [1.82, 2.24) is 20.2 Å². The van der Waals surface area contributed by atoms with Gasteiger partial charge in [-0.2, -0.15) is 0 Å². The average molecular weight is 377 g/mol. The summed E-state index contributed by atoms with van der Waals surface area (Å²) in [5.41, 5.74) is 1.25. The molecule has 3 rings (SSSR count). The molecule has 27 heavy (non-hydrogen) atoms. The number of ether oxygens (including phenoxy) is 1. The summed E-state index contributed by atoms with van der Waals surface area (Å²) < 4.78 is 6.41. The molecule has 6 nitrogen and oxygen atoms in total. The van der Waals surface area contributed by atoms with Gasteiger partial charge in [0.1, 0.15) is 5.82 Å². The second-order valence-corrected chi connectivity index (χ2v) is 8.60. The molecule has 0 aliphatic carbocycles. The third kappa shape index (κ3) is 5.55. The van der Waals surface area contributed by atoms with Crippen LogP contribution in [0.4, 0.5) is 0 Å². The van der Waals surface area contributed by atoms with E-state index in [0.717, 1.165) is 57.6 Å². The summed E-state index contributed by atoms with van der Waals surface area (Å²) in [7, 11) is 0. The predicted molar refractivity (Wildman–Crippen MR) is 106 cm³/mol. The van der Waals surface area contributed by atoms with Gasteiger partial charge < -0.3 is 15.0 Å². The number of nitrogens with zero attached hydrogens (tertiary/aromatic N) is 2. The van der Waals surface area contributed by atoms with Gasteiger partial charge in [0, 0.05) is 50.4 Å². The molecule has 6 heteroatoms. The molecule has 2 saturated heterocycles. The van der Waals surface area contributed by atoms with E-state index < -0.39 is 0 Å². The van der Waals surface area contributed by atoms with Gasteiger partial charge in [0.05, 0.1) is 11.7 Å². The van der Waals surface area contributed by atoms with Crippen molar-refractivity contribution in [2.75, 3.05) is 19.6 Å². The minimum atomic E-state index is 0.0317. The number of amides is 1. The topological polar surface area (TPSA) is 70.2 Å². The Bertz CT molecular complexity index is 605. The van der Waals surface area contributed by atoms with E-state index in [1.807, 2.05) is 20.0 Å².